The van der Waals surface area contributed by atoms with Crippen LogP contribution < -0.4 is 11.1 Å². The van der Waals surface area contributed by atoms with Crippen molar-refractivity contribution in [2.24, 2.45) is 5.73 Å². The van der Waals surface area contributed by atoms with Gasteiger partial charge in [0.1, 0.15) is 0 Å². The van der Waals surface area contributed by atoms with Gasteiger partial charge in [-0.25, -0.2) is 0 Å². The van der Waals surface area contributed by atoms with E-state index < -0.39 is 5.97 Å². The number of rotatable bonds is 7. The third-order valence-electron chi connectivity index (χ3n) is 1.90. The zero-order chi connectivity index (χ0) is 11.1. The van der Waals surface area contributed by atoms with Crippen molar-refractivity contribution in [3.05, 3.63) is 21.9 Å². The fourth-order valence-electron chi connectivity index (χ4n) is 1.20. The highest BCUT2D eigenvalue weighted by Crippen LogP contribution is 2.16. The summed E-state index contributed by atoms with van der Waals surface area (Å²) in [5.41, 5.74) is 5.36. The molecule has 0 fully saturated rings. The molecule has 0 atom stereocenters. The Labute approximate surface area is 93.1 Å². The minimum absolute atomic E-state index is 0.119. The lowest BCUT2D eigenvalue weighted by Gasteiger charge is -2.00. The SMILES string of the molecule is NCCCNCc1ccc(CC(=O)O)s1. The van der Waals surface area contributed by atoms with Crippen LogP contribution in [0.25, 0.3) is 0 Å². The molecule has 4 nitrogen and oxygen atoms in total. The summed E-state index contributed by atoms with van der Waals surface area (Å²) in [6, 6.07) is 3.84. The Hall–Kier alpha value is -0.910. The first kappa shape index (κ1) is 12.2. The molecule has 0 aromatic carbocycles. The Balaban J connectivity index is 2.29. The molecule has 0 aliphatic heterocycles. The summed E-state index contributed by atoms with van der Waals surface area (Å²) in [7, 11) is 0. The largest absolute Gasteiger partial charge is 0.481 e. The van der Waals surface area contributed by atoms with Crippen molar-refractivity contribution in [2.45, 2.75) is 19.4 Å². The topological polar surface area (TPSA) is 75.3 Å². The van der Waals surface area contributed by atoms with E-state index in [9.17, 15) is 4.79 Å². The predicted molar refractivity (Wildman–Crippen MR) is 61.0 cm³/mol. The number of hydrogen-bond donors (Lipinski definition) is 3. The number of thiophene rings is 1. The molecule has 0 spiro atoms. The number of aliphatic carboxylic acids is 1. The van der Waals surface area contributed by atoms with Gasteiger partial charge in [0, 0.05) is 16.3 Å². The number of carbonyl (C=O) groups is 1. The molecule has 4 N–H and O–H groups in total. The number of carboxylic acids is 1. The summed E-state index contributed by atoms with van der Waals surface area (Å²) in [4.78, 5) is 12.5. The molecule has 1 heterocycles. The van der Waals surface area contributed by atoms with Gasteiger partial charge in [0.2, 0.25) is 0 Å². The summed E-state index contributed by atoms with van der Waals surface area (Å²) in [6.07, 6.45) is 1.08. The van der Waals surface area contributed by atoms with Crippen LogP contribution in [-0.4, -0.2) is 24.2 Å². The van der Waals surface area contributed by atoms with E-state index >= 15 is 0 Å². The van der Waals surface area contributed by atoms with Gasteiger partial charge in [-0.05, 0) is 31.6 Å². The first-order valence-corrected chi connectivity index (χ1v) is 5.74. The molecule has 1 aromatic rings. The van der Waals surface area contributed by atoms with Crippen molar-refractivity contribution in [2.75, 3.05) is 13.1 Å². The van der Waals surface area contributed by atoms with Gasteiger partial charge in [0.15, 0.2) is 0 Å². The molecule has 0 unspecified atom stereocenters. The lowest BCUT2D eigenvalue weighted by atomic mass is 10.3. The number of carboxylic acid groups (broad SMARTS) is 1. The number of nitrogens with one attached hydrogen (secondary N) is 1. The van der Waals surface area contributed by atoms with Crippen LogP contribution in [0.15, 0.2) is 12.1 Å². The van der Waals surface area contributed by atoms with Crippen LogP contribution >= 0.6 is 11.3 Å². The first-order chi connectivity index (χ1) is 7.22. The van der Waals surface area contributed by atoms with Crippen LogP contribution in [0.4, 0.5) is 0 Å². The Kier molecular flexibility index (Phi) is 5.31. The molecule has 0 aliphatic rings. The van der Waals surface area contributed by atoms with Crippen LogP contribution in [0.3, 0.4) is 0 Å². The Morgan fingerprint density at radius 2 is 2.20 bits per heavy atom. The fourth-order valence-corrected chi connectivity index (χ4v) is 2.18. The highest BCUT2D eigenvalue weighted by atomic mass is 32.1. The summed E-state index contributed by atoms with van der Waals surface area (Å²) < 4.78 is 0. The Morgan fingerprint density at radius 1 is 1.47 bits per heavy atom. The monoisotopic (exact) mass is 228 g/mol. The molecule has 0 radical (unpaired) electrons. The van der Waals surface area contributed by atoms with E-state index in [1.54, 1.807) is 11.3 Å². The summed E-state index contributed by atoms with van der Waals surface area (Å²) in [5.74, 6) is -0.778. The minimum Gasteiger partial charge on any atom is -0.481 e. The minimum atomic E-state index is -0.778. The van der Waals surface area contributed by atoms with E-state index in [1.807, 2.05) is 12.1 Å². The fraction of sp³-hybridized carbons (Fsp3) is 0.500. The highest BCUT2D eigenvalue weighted by molar-refractivity contribution is 7.12. The van der Waals surface area contributed by atoms with E-state index in [0.717, 1.165) is 24.4 Å². The second kappa shape index (κ2) is 6.55. The van der Waals surface area contributed by atoms with Crippen molar-refractivity contribution in [1.82, 2.24) is 5.32 Å². The van der Waals surface area contributed by atoms with Gasteiger partial charge in [0.25, 0.3) is 0 Å². The number of nitrogens with two attached hydrogens (primary N) is 1. The van der Waals surface area contributed by atoms with Gasteiger partial charge in [-0.2, -0.15) is 0 Å². The molecule has 15 heavy (non-hydrogen) atoms. The van der Waals surface area contributed by atoms with Crippen molar-refractivity contribution in [1.29, 1.82) is 0 Å². The molecule has 84 valence electrons. The van der Waals surface area contributed by atoms with Crippen LogP contribution in [-0.2, 0) is 17.8 Å². The normalized spacial score (nSPS) is 10.5. The molecule has 1 rings (SSSR count). The van der Waals surface area contributed by atoms with Gasteiger partial charge in [-0.15, -0.1) is 11.3 Å². The van der Waals surface area contributed by atoms with Gasteiger partial charge in [-0.3, -0.25) is 4.79 Å². The zero-order valence-electron chi connectivity index (χ0n) is 8.53. The second-order valence-electron chi connectivity index (χ2n) is 3.26. The molecule has 0 saturated carbocycles. The lowest BCUT2D eigenvalue weighted by Crippen LogP contribution is -2.16. The third kappa shape index (κ3) is 4.92. The van der Waals surface area contributed by atoms with E-state index in [-0.39, 0.29) is 6.42 Å². The van der Waals surface area contributed by atoms with Crippen LogP contribution in [0.1, 0.15) is 16.2 Å². The van der Waals surface area contributed by atoms with Gasteiger partial charge in [-0.1, -0.05) is 0 Å². The van der Waals surface area contributed by atoms with Crippen molar-refractivity contribution in [3.8, 4) is 0 Å². The molecule has 0 saturated heterocycles. The van der Waals surface area contributed by atoms with Crippen molar-refractivity contribution >= 4 is 17.3 Å². The lowest BCUT2D eigenvalue weighted by molar-refractivity contribution is -0.136. The summed E-state index contributed by atoms with van der Waals surface area (Å²) in [5, 5.41) is 11.9. The molecule has 1 aromatic heterocycles. The maximum atomic E-state index is 10.5. The van der Waals surface area contributed by atoms with Gasteiger partial charge < -0.3 is 16.2 Å². The van der Waals surface area contributed by atoms with Crippen molar-refractivity contribution < 1.29 is 9.90 Å². The quantitative estimate of drug-likeness (QED) is 0.604. The Bertz CT molecular complexity index is 312. The molecular weight excluding hydrogens is 212 g/mol. The van der Waals surface area contributed by atoms with Crippen LogP contribution in [0.5, 0.6) is 0 Å². The number of hydrogen-bond acceptors (Lipinski definition) is 4. The van der Waals surface area contributed by atoms with Crippen LogP contribution in [0.2, 0.25) is 0 Å². The summed E-state index contributed by atoms with van der Waals surface area (Å²) in [6.45, 7) is 2.40. The second-order valence-corrected chi connectivity index (χ2v) is 4.51. The van der Waals surface area contributed by atoms with Crippen molar-refractivity contribution in [3.63, 3.8) is 0 Å². The average molecular weight is 228 g/mol. The maximum absolute atomic E-state index is 10.5. The van der Waals surface area contributed by atoms with E-state index in [2.05, 4.69) is 5.32 Å². The van der Waals surface area contributed by atoms with Crippen LogP contribution in [0, 0.1) is 0 Å². The van der Waals surface area contributed by atoms with Gasteiger partial charge >= 0.3 is 5.97 Å². The Morgan fingerprint density at radius 3 is 2.87 bits per heavy atom. The van der Waals surface area contributed by atoms with E-state index in [1.165, 1.54) is 4.88 Å². The maximum Gasteiger partial charge on any atom is 0.308 e. The first-order valence-electron chi connectivity index (χ1n) is 4.92. The third-order valence-corrected chi connectivity index (χ3v) is 2.98. The molecule has 0 bridgehead atoms. The standard InChI is InChI=1S/C10H16N2O2S/c11-4-1-5-12-7-9-3-2-8(15-9)6-10(13)14/h2-3,12H,1,4-7,11H2,(H,13,14). The molecule has 0 amide bonds. The highest BCUT2D eigenvalue weighted by Gasteiger charge is 2.03. The van der Waals surface area contributed by atoms with Gasteiger partial charge in [0.05, 0.1) is 6.42 Å². The average Bonchev–Trinajstić information content (AvgIpc) is 2.59. The smallest absolute Gasteiger partial charge is 0.308 e. The van der Waals surface area contributed by atoms with E-state index in [4.69, 9.17) is 10.8 Å². The molecule has 0 aliphatic carbocycles. The predicted octanol–water partition coefficient (Wildman–Crippen LogP) is 0.814. The molecule has 5 heteroatoms. The summed E-state index contributed by atoms with van der Waals surface area (Å²) >= 11 is 1.54. The van der Waals surface area contributed by atoms with E-state index in [0.29, 0.717) is 6.54 Å². The zero-order valence-corrected chi connectivity index (χ0v) is 9.35. The molecular formula is C10H16N2O2S.